The molecule has 0 aliphatic carbocycles. The first-order valence-electron chi connectivity index (χ1n) is 10.6. The van der Waals surface area contributed by atoms with E-state index in [0.717, 1.165) is 12.8 Å². The van der Waals surface area contributed by atoms with Crippen LogP contribution in [0.25, 0.3) is 0 Å². The Morgan fingerprint density at radius 3 is 2.17 bits per heavy atom. The molecule has 0 bridgehead atoms. The fourth-order valence-corrected chi connectivity index (χ4v) is 3.03. The molecular weight excluding hydrogens is 377 g/mol. The van der Waals surface area contributed by atoms with E-state index in [1.165, 1.54) is 0 Å². The van der Waals surface area contributed by atoms with Crippen molar-refractivity contribution >= 4 is 19.2 Å². The summed E-state index contributed by atoms with van der Waals surface area (Å²) in [4.78, 5) is 24.6. The number of carbonyl (C=O) groups is 2. The molecule has 8 nitrogen and oxygen atoms in total. The van der Waals surface area contributed by atoms with Crippen molar-refractivity contribution in [3.05, 3.63) is 0 Å². The molecule has 0 spiro atoms. The first-order valence-corrected chi connectivity index (χ1v) is 10.6. The van der Waals surface area contributed by atoms with E-state index >= 15 is 0 Å². The maximum atomic E-state index is 12.5. The van der Waals surface area contributed by atoms with E-state index in [-0.39, 0.29) is 38.0 Å². The molecule has 0 aromatic heterocycles. The summed E-state index contributed by atoms with van der Waals surface area (Å²) in [6.45, 7) is 11.5. The molecule has 0 aromatic carbocycles. The molecule has 1 unspecified atom stereocenters. The molecule has 9 heteroatoms. The minimum atomic E-state index is -1.52. The van der Waals surface area contributed by atoms with Gasteiger partial charge < -0.3 is 29.2 Å². The Morgan fingerprint density at radius 1 is 1.03 bits per heavy atom. The van der Waals surface area contributed by atoms with Gasteiger partial charge in [0, 0.05) is 0 Å². The molecule has 0 aromatic rings. The number of hydrogen-bond acceptors (Lipinski definition) is 7. The fraction of sp³-hybridized carbons (Fsp3) is 0.900. The third-order valence-corrected chi connectivity index (χ3v) is 5.60. The summed E-state index contributed by atoms with van der Waals surface area (Å²) in [6, 6.07) is 0. The zero-order chi connectivity index (χ0) is 22.1. The summed E-state index contributed by atoms with van der Waals surface area (Å²) in [6.07, 6.45) is 3.03. The molecule has 1 atom stereocenters. The van der Waals surface area contributed by atoms with Gasteiger partial charge in [-0.05, 0) is 53.8 Å². The van der Waals surface area contributed by atoms with Gasteiger partial charge in [-0.2, -0.15) is 0 Å². The molecular formula is C20H38BNO7. The van der Waals surface area contributed by atoms with Crippen LogP contribution < -0.4 is 5.32 Å². The number of aliphatic hydroxyl groups is 1. The van der Waals surface area contributed by atoms with Crippen LogP contribution >= 0.6 is 0 Å². The highest BCUT2D eigenvalue weighted by molar-refractivity contribution is 6.45. The van der Waals surface area contributed by atoms with Crippen molar-refractivity contribution in [2.45, 2.75) is 96.7 Å². The summed E-state index contributed by atoms with van der Waals surface area (Å²) < 4.78 is 22.1. The van der Waals surface area contributed by atoms with Gasteiger partial charge in [0.25, 0.3) is 0 Å². The number of esters is 1. The van der Waals surface area contributed by atoms with Crippen LogP contribution in [0.1, 0.15) is 73.6 Å². The number of aliphatic hydroxyl groups excluding tert-OH is 1. The second-order valence-electron chi connectivity index (χ2n) is 8.51. The van der Waals surface area contributed by atoms with E-state index in [0.29, 0.717) is 19.2 Å². The minimum absolute atomic E-state index is 0.154. The SMILES string of the molecule is CCCCOC(=O)NC(CO)(CCCCB1OC(C)(C)C(C)(C)O1)C(=O)OCC. The van der Waals surface area contributed by atoms with Crippen LogP contribution in [0.15, 0.2) is 0 Å². The molecule has 1 aliphatic rings. The molecule has 1 saturated heterocycles. The number of hydrogen-bond donors (Lipinski definition) is 2. The molecule has 1 amide bonds. The fourth-order valence-electron chi connectivity index (χ4n) is 3.03. The number of amides is 1. The first kappa shape index (κ1) is 25.7. The summed E-state index contributed by atoms with van der Waals surface area (Å²) in [7, 11) is -0.321. The predicted octanol–water partition coefficient (Wildman–Crippen LogP) is 3.07. The quantitative estimate of drug-likeness (QED) is 0.287. The lowest BCUT2D eigenvalue weighted by molar-refractivity contribution is -0.153. The van der Waals surface area contributed by atoms with Crippen LogP contribution in [0.2, 0.25) is 6.32 Å². The van der Waals surface area contributed by atoms with Gasteiger partial charge in [0.15, 0.2) is 5.54 Å². The van der Waals surface area contributed by atoms with E-state index in [1.807, 2.05) is 34.6 Å². The van der Waals surface area contributed by atoms with Crippen molar-refractivity contribution in [2.24, 2.45) is 0 Å². The zero-order valence-corrected chi connectivity index (χ0v) is 18.8. The highest BCUT2D eigenvalue weighted by atomic mass is 16.7. The lowest BCUT2D eigenvalue weighted by Gasteiger charge is -2.32. The normalized spacial score (nSPS) is 19.5. The molecule has 1 aliphatic heterocycles. The second-order valence-corrected chi connectivity index (χ2v) is 8.51. The van der Waals surface area contributed by atoms with Gasteiger partial charge in [0.2, 0.25) is 0 Å². The Kier molecular flexibility index (Phi) is 9.91. The summed E-state index contributed by atoms with van der Waals surface area (Å²) in [5.74, 6) is -0.662. The minimum Gasteiger partial charge on any atom is -0.464 e. The van der Waals surface area contributed by atoms with E-state index in [2.05, 4.69) is 5.32 Å². The summed E-state index contributed by atoms with van der Waals surface area (Å²) >= 11 is 0. The lowest BCUT2D eigenvalue weighted by Crippen LogP contribution is -2.58. The number of carbonyl (C=O) groups excluding carboxylic acids is 2. The molecule has 2 N–H and O–H groups in total. The standard InChI is InChI=1S/C20H38BNO7/c1-7-9-14-27-17(25)22-20(15-23,16(24)26-8-2)12-10-11-13-21-28-18(3,4)19(5,6)29-21/h23H,7-15H2,1-6H3,(H,22,25). The van der Waals surface area contributed by atoms with E-state index in [4.69, 9.17) is 18.8 Å². The van der Waals surface area contributed by atoms with Crippen molar-refractivity contribution < 1.29 is 33.5 Å². The van der Waals surface area contributed by atoms with Crippen LogP contribution in [0.5, 0.6) is 0 Å². The molecule has 29 heavy (non-hydrogen) atoms. The third kappa shape index (κ3) is 7.15. The van der Waals surface area contributed by atoms with Gasteiger partial charge in [0.1, 0.15) is 0 Å². The van der Waals surface area contributed by atoms with Crippen molar-refractivity contribution in [3.8, 4) is 0 Å². The van der Waals surface area contributed by atoms with Crippen LogP contribution in [-0.2, 0) is 23.6 Å². The molecule has 1 rings (SSSR count). The Bertz CT molecular complexity index is 525. The van der Waals surface area contributed by atoms with E-state index in [9.17, 15) is 14.7 Å². The zero-order valence-electron chi connectivity index (χ0n) is 18.8. The Balaban J connectivity index is 2.63. The summed E-state index contributed by atoms with van der Waals surface area (Å²) in [5.41, 5.74) is -2.29. The third-order valence-electron chi connectivity index (χ3n) is 5.60. The van der Waals surface area contributed by atoms with Gasteiger partial charge in [-0.25, -0.2) is 9.59 Å². The summed E-state index contributed by atoms with van der Waals surface area (Å²) in [5, 5.41) is 12.5. The largest absolute Gasteiger partial charge is 0.464 e. The number of nitrogens with one attached hydrogen (secondary N) is 1. The molecule has 0 radical (unpaired) electrons. The molecule has 1 fully saturated rings. The molecule has 0 saturated carbocycles. The van der Waals surface area contributed by atoms with E-state index in [1.54, 1.807) is 6.92 Å². The number of alkyl carbamates (subject to hydrolysis) is 1. The smallest absolute Gasteiger partial charge is 0.457 e. The maximum absolute atomic E-state index is 12.5. The topological polar surface area (TPSA) is 103 Å². The Hall–Kier alpha value is -1.32. The van der Waals surface area contributed by atoms with Gasteiger partial charge in [-0.15, -0.1) is 0 Å². The van der Waals surface area contributed by atoms with Crippen molar-refractivity contribution in [2.75, 3.05) is 19.8 Å². The van der Waals surface area contributed by atoms with Gasteiger partial charge >= 0.3 is 19.2 Å². The van der Waals surface area contributed by atoms with Crippen LogP contribution in [0, 0.1) is 0 Å². The Morgan fingerprint density at radius 2 is 1.66 bits per heavy atom. The Labute approximate surface area is 175 Å². The van der Waals surface area contributed by atoms with Gasteiger partial charge in [-0.3, -0.25) is 0 Å². The predicted molar refractivity (Wildman–Crippen MR) is 111 cm³/mol. The van der Waals surface area contributed by atoms with Crippen LogP contribution in [0.3, 0.4) is 0 Å². The van der Waals surface area contributed by atoms with Crippen molar-refractivity contribution in [1.29, 1.82) is 0 Å². The van der Waals surface area contributed by atoms with Gasteiger partial charge in [-0.1, -0.05) is 26.2 Å². The average Bonchev–Trinajstić information content (AvgIpc) is 2.84. The van der Waals surface area contributed by atoms with Crippen LogP contribution in [0.4, 0.5) is 4.79 Å². The number of rotatable bonds is 12. The van der Waals surface area contributed by atoms with Gasteiger partial charge in [0.05, 0.1) is 31.0 Å². The highest BCUT2D eigenvalue weighted by Gasteiger charge is 2.50. The lowest BCUT2D eigenvalue weighted by atomic mass is 9.81. The number of unbranched alkanes of at least 4 members (excludes halogenated alkanes) is 2. The second kappa shape index (κ2) is 11.2. The van der Waals surface area contributed by atoms with Crippen molar-refractivity contribution in [3.63, 3.8) is 0 Å². The monoisotopic (exact) mass is 415 g/mol. The maximum Gasteiger partial charge on any atom is 0.457 e. The number of ether oxygens (including phenoxy) is 2. The highest BCUT2D eigenvalue weighted by Crippen LogP contribution is 2.38. The first-order chi connectivity index (χ1) is 13.5. The average molecular weight is 415 g/mol. The molecule has 168 valence electrons. The van der Waals surface area contributed by atoms with Crippen LogP contribution in [-0.4, -0.2) is 60.8 Å². The van der Waals surface area contributed by atoms with Crippen molar-refractivity contribution in [1.82, 2.24) is 5.32 Å². The molecule has 1 heterocycles. The van der Waals surface area contributed by atoms with E-state index < -0.39 is 24.2 Å².